The van der Waals surface area contributed by atoms with Gasteiger partial charge < -0.3 is 5.32 Å². The van der Waals surface area contributed by atoms with Gasteiger partial charge in [0.05, 0.1) is 0 Å². The molecule has 0 aromatic carbocycles. The van der Waals surface area contributed by atoms with E-state index in [1.165, 1.54) is 38.9 Å². The summed E-state index contributed by atoms with van der Waals surface area (Å²) in [6.45, 7) is 0. The summed E-state index contributed by atoms with van der Waals surface area (Å²) in [4.78, 5) is 30.2. The molecule has 0 saturated heterocycles. The zero-order chi connectivity index (χ0) is 13.4. The number of anilines is 1. The van der Waals surface area contributed by atoms with E-state index >= 15 is 0 Å². The highest BCUT2D eigenvalue weighted by atomic mass is 32.2. The molecular formula is C11H9N3O2S3. The summed E-state index contributed by atoms with van der Waals surface area (Å²) in [5, 5.41) is 6.87. The first-order chi connectivity index (χ1) is 9.16. The molecule has 8 heteroatoms. The second-order valence-corrected chi connectivity index (χ2v) is 6.85. The highest BCUT2D eigenvalue weighted by Crippen LogP contribution is 2.41. The van der Waals surface area contributed by atoms with Crippen molar-refractivity contribution in [2.45, 2.75) is 10.8 Å². The molecule has 3 heterocycles. The maximum absolute atomic E-state index is 12.3. The molecule has 1 unspecified atom stereocenters. The normalized spacial score (nSPS) is 18.3. The fourth-order valence-corrected chi connectivity index (χ4v) is 4.36. The minimum Gasteiger partial charge on any atom is -0.301 e. The maximum Gasteiger partial charge on any atom is 0.250 e. The van der Waals surface area contributed by atoms with Gasteiger partial charge in [-0.1, -0.05) is 0 Å². The number of likely N-dealkylation sites (N-methyl/N-ethyl adjacent to an activating group) is 1. The van der Waals surface area contributed by atoms with Gasteiger partial charge in [-0.25, -0.2) is 4.98 Å². The Morgan fingerprint density at radius 2 is 2.26 bits per heavy atom. The second-order valence-electron chi connectivity index (χ2n) is 3.84. The van der Waals surface area contributed by atoms with Crippen LogP contribution in [0.4, 0.5) is 5.13 Å². The third kappa shape index (κ3) is 2.26. The quantitative estimate of drug-likeness (QED) is 0.683. The second kappa shape index (κ2) is 4.95. The van der Waals surface area contributed by atoms with Gasteiger partial charge in [-0.3, -0.25) is 13.9 Å². The molecule has 1 N–H and O–H groups in total. The van der Waals surface area contributed by atoms with Crippen LogP contribution in [0.15, 0.2) is 27.9 Å². The van der Waals surface area contributed by atoms with Gasteiger partial charge >= 0.3 is 0 Å². The van der Waals surface area contributed by atoms with Crippen LogP contribution in [0.25, 0.3) is 0 Å². The summed E-state index contributed by atoms with van der Waals surface area (Å²) in [6, 6.07) is 1.93. The molecule has 0 spiro atoms. The molecule has 98 valence electrons. The third-order valence-corrected chi connectivity index (χ3v) is 5.44. The standard InChI is InChI=1S/C11H9N3O2S3/c1-14-10(16)7(8-6(19-14)2-4-17-8)9(15)13-11-12-3-5-18-11/h2-5,7H,1H3,(H,12,13,15). The summed E-state index contributed by atoms with van der Waals surface area (Å²) in [5.74, 6) is -1.30. The molecule has 1 aliphatic rings. The fraction of sp³-hybridized carbons (Fsp3) is 0.182. The van der Waals surface area contributed by atoms with Crippen molar-refractivity contribution in [3.05, 3.63) is 27.9 Å². The van der Waals surface area contributed by atoms with Crippen LogP contribution in [0.5, 0.6) is 0 Å². The van der Waals surface area contributed by atoms with Crippen molar-refractivity contribution in [1.82, 2.24) is 9.29 Å². The van der Waals surface area contributed by atoms with Crippen molar-refractivity contribution < 1.29 is 9.59 Å². The van der Waals surface area contributed by atoms with Crippen molar-refractivity contribution >= 4 is 51.6 Å². The van der Waals surface area contributed by atoms with E-state index in [9.17, 15) is 9.59 Å². The Labute approximate surface area is 121 Å². The van der Waals surface area contributed by atoms with Crippen molar-refractivity contribution in [2.75, 3.05) is 12.4 Å². The Hall–Kier alpha value is -1.38. The largest absolute Gasteiger partial charge is 0.301 e. The topological polar surface area (TPSA) is 62.3 Å². The summed E-state index contributed by atoms with van der Waals surface area (Å²) < 4.78 is 1.50. The monoisotopic (exact) mass is 311 g/mol. The van der Waals surface area contributed by atoms with Gasteiger partial charge in [0.1, 0.15) is 0 Å². The molecule has 0 radical (unpaired) electrons. The highest BCUT2D eigenvalue weighted by Gasteiger charge is 2.38. The zero-order valence-corrected chi connectivity index (χ0v) is 12.3. The number of thiophene rings is 1. The Morgan fingerprint density at radius 3 is 3.00 bits per heavy atom. The molecule has 1 atom stereocenters. The number of carbonyl (C=O) groups excluding carboxylic acids is 2. The molecule has 19 heavy (non-hydrogen) atoms. The number of hydrogen-bond acceptors (Lipinski definition) is 6. The van der Waals surface area contributed by atoms with Crippen LogP contribution in [-0.2, 0) is 9.59 Å². The lowest BCUT2D eigenvalue weighted by molar-refractivity contribution is -0.132. The lowest BCUT2D eigenvalue weighted by Gasteiger charge is -2.26. The number of carbonyl (C=O) groups is 2. The molecular weight excluding hydrogens is 302 g/mol. The van der Waals surface area contributed by atoms with Crippen LogP contribution in [0.3, 0.4) is 0 Å². The van der Waals surface area contributed by atoms with Crippen molar-refractivity contribution in [3.63, 3.8) is 0 Å². The van der Waals surface area contributed by atoms with Crippen LogP contribution in [0.2, 0.25) is 0 Å². The number of nitrogens with one attached hydrogen (secondary N) is 1. The van der Waals surface area contributed by atoms with Crippen LogP contribution in [-0.4, -0.2) is 28.2 Å². The molecule has 2 aromatic heterocycles. The van der Waals surface area contributed by atoms with Gasteiger partial charge in [0.2, 0.25) is 11.8 Å². The predicted octanol–water partition coefficient (Wildman–Crippen LogP) is 2.41. The summed E-state index contributed by atoms with van der Waals surface area (Å²) in [7, 11) is 1.68. The molecule has 0 aliphatic carbocycles. The van der Waals surface area contributed by atoms with Crippen LogP contribution in [0, 0.1) is 0 Å². The number of hydrogen-bond donors (Lipinski definition) is 1. The first-order valence-electron chi connectivity index (χ1n) is 5.40. The van der Waals surface area contributed by atoms with Gasteiger partial charge in [-0.2, -0.15) is 0 Å². The minimum absolute atomic E-state index is 0.200. The zero-order valence-electron chi connectivity index (χ0n) is 9.82. The smallest absolute Gasteiger partial charge is 0.250 e. The van der Waals surface area contributed by atoms with Crippen molar-refractivity contribution in [2.24, 2.45) is 0 Å². The molecule has 0 saturated carbocycles. The van der Waals surface area contributed by atoms with E-state index in [4.69, 9.17) is 0 Å². The van der Waals surface area contributed by atoms with Crippen LogP contribution in [0.1, 0.15) is 10.8 Å². The average Bonchev–Trinajstić information content (AvgIpc) is 3.01. The average molecular weight is 311 g/mol. The first kappa shape index (κ1) is 12.6. The van der Waals surface area contributed by atoms with Gasteiger partial charge in [0.15, 0.2) is 11.0 Å². The predicted molar refractivity (Wildman–Crippen MR) is 76.4 cm³/mol. The fourth-order valence-electron chi connectivity index (χ4n) is 1.78. The van der Waals surface area contributed by atoms with Crippen molar-refractivity contribution in [1.29, 1.82) is 0 Å². The van der Waals surface area contributed by atoms with Gasteiger partial charge in [-0.05, 0) is 23.4 Å². The van der Waals surface area contributed by atoms with E-state index in [-0.39, 0.29) is 11.8 Å². The van der Waals surface area contributed by atoms with Gasteiger partial charge in [0.25, 0.3) is 0 Å². The Morgan fingerprint density at radius 1 is 1.42 bits per heavy atom. The summed E-state index contributed by atoms with van der Waals surface area (Å²) in [5.41, 5.74) is 0. The van der Waals surface area contributed by atoms with Crippen LogP contribution >= 0.6 is 34.6 Å². The number of nitrogens with zero attached hydrogens (tertiary/aromatic N) is 2. The number of aromatic nitrogens is 1. The summed E-state index contributed by atoms with van der Waals surface area (Å²) >= 11 is 4.12. The number of rotatable bonds is 2. The SMILES string of the molecule is CN1Sc2ccsc2C(C(=O)Nc2nccs2)C1=O. The minimum atomic E-state index is -0.773. The Bertz CT molecular complexity index is 623. The molecule has 0 fully saturated rings. The van der Waals surface area contributed by atoms with E-state index in [1.807, 2.05) is 11.4 Å². The Kier molecular flexibility index (Phi) is 3.29. The lowest BCUT2D eigenvalue weighted by Crippen LogP contribution is -2.37. The lowest BCUT2D eigenvalue weighted by atomic mass is 10.1. The number of amides is 2. The molecule has 0 bridgehead atoms. The van der Waals surface area contributed by atoms with E-state index in [0.717, 1.165) is 9.77 Å². The molecule has 3 rings (SSSR count). The van der Waals surface area contributed by atoms with Gasteiger partial charge in [0, 0.05) is 28.4 Å². The number of thiazole rings is 1. The maximum atomic E-state index is 12.3. The summed E-state index contributed by atoms with van der Waals surface area (Å²) in [6.07, 6.45) is 1.61. The first-order valence-corrected chi connectivity index (χ1v) is 7.93. The van der Waals surface area contributed by atoms with E-state index in [2.05, 4.69) is 10.3 Å². The van der Waals surface area contributed by atoms with E-state index in [1.54, 1.807) is 18.6 Å². The third-order valence-electron chi connectivity index (χ3n) is 2.64. The molecule has 5 nitrogen and oxygen atoms in total. The van der Waals surface area contributed by atoms with E-state index < -0.39 is 5.92 Å². The van der Waals surface area contributed by atoms with Crippen LogP contribution < -0.4 is 5.32 Å². The Balaban J connectivity index is 1.91. The molecule has 2 amide bonds. The van der Waals surface area contributed by atoms with E-state index in [0.29, 0.717) is 5.13 Å². The molecule has 2 aromatic rings. The number of fused-ring (bicyclic) bond motifs is 1. The van der Waals surface area contributed by atoms with Crippen molar-refractivity contribution in [3.8, 4) is 0 Å². The van der Waals surface area contributed by atoms with Gasteiger partial charge in [-0.15, -0.1) is 22.7 Å². The highest BCUT2D eigenvalue weighted by molar-refractivity contribution is 7.97. The molecule has 1 aliphatic heterocycles.